The van der Waals surface area contributed by atoms with E-state index in [-0.39, 0.29) is 0 Å². The lowest BCUT2D eigenvalue weighted by Gasteiger charge is -2.18. The van der Waals surface area contributed by atoms with Gasteiger partial charge >= 0.3 is 0 Å². The summed E-state index contributed by atoms with van der Waals surface area (Å²) in [5.41, 5.74) is 7.72. The molecule has 1 aliphatic heterocycles. The molecule has 1 fully saturated rings. The molecule has 1 aromatic heterocycles. The van der Waals surface area contributed by atoms with Gasteiger partial charge in [0, 0.05) is 42.3 Å². The van der Waals surface area contributed by atoms with E-state index in [1.807, 2.05) is 49.7 Å². The molecule has 0 radical (unpaired) electrons. The molecule has 1 saturated heterocycles. The molecule has 1 aromatic carbocycles. The van der Waals surface area contributed by atoms with Gasteiger partial charge in [0.05, 0.1) is 0 Å². The Morgan fingerprint density at radius 3 is 2.62 bits per heavy atom. The summed E-state index contributed by atoms with van der Waals surface area (Å²) in [7, 11) is 0. The number of hydrogen-bond acceptors (Lipinski definition) is 3. The molecule has 2 aliphatic rings. The van der Waals surface area contributed by atoms with Crippen LogP contribution in [0.2, 0.25) is 0 Å². The second kappa shape index (κ2) is 12.9. The molecule has 2 heterocycles. The predicted molar refractivity (Wildman–Crippen MR) is 164 cm³/mol. The molecule has 0 amide bonds. The van der Waals surface area contributed by atoms with Crippen LogP contribution in [0.1, 0.15) is 50.7 Å². The van der Waals surface area contributed by atoms with Crippen molar-refractivity contribution in [2.45, 2.75) is 51.7 Å². The number of hydrogen-bond donors (Lipinski definition) is 1. The molecule has 202 valence electrons. The maximum Gasteiger partial charge on any atom is 0.130 e. The number of benzene rings is 1. The Hall–Kier alpha value is -3.76. The van der Waals surface area contributed by atoms with Crippen molar-refractivity contribution in [1.29, 1.82) is 0 Å². The van der Waals surface area contributed by atoms with Crippen LogP contribution >= 0.6 is 0 Å². The molecule has 0 bridgehead atoms. The number of pyridine rings is 1. The smallest absolute Gasteiger partial charge is 0.130 e. The maximum atomic E-state index is 14.0. The van der Waals surface area contributed by atoms with Crippen LogP contribution in [-0.4, -0.2) is 28.6 Å². The number of nitrogens with one attached hydrogen (secondary N) is 1. The summed E-state index contributed by atoms with van der Waals surface area (Å²) >= 11 is 0. The summed E-state index contributed by atoms with van der Waals surface area (Å²) in [5.74, 6) is 0. The van der Waals surface area contributed by atoms with Crippen molar-refractivity contribution >= 4 is 5.57 Å². The molecule has 0 saturated carbocycles. The van der Waals surface area contributed by atoms with E-state index in [2.05, 4.69) is 65.3 Å². The molecule has 1 unspecified atom stereocenters. The minimum absolute atomic E-state index is 0.404. The Morgan fingerprint density at radius 2 is 1.90 bits per heavy atom. The Balaban J connectivity index is 1.36. The maximum absolute atomic E-state index is 14.0. The lowest BCUT2D eigenvalue weighted by Crippen LogP contribution is -2.18. The van der Waals surface area contributed by atoms with Crippen molar-refractivity contribution in [1.82, 2.24) is 15.2 Å². The highest BCUT2D eigenvalue weighted by atomic mass is 19.1. The van der Waals surface area contributed by atoms with E-state index in [4.69, 9.17) is 0 Å². The summed E-state index contributed by atoms with van der Waals surface area (Å²) in [6.45, 7) is 19.6. The number of halogens is 1. The van der Waals surface area contributed by atoms with Gasteiger partial charge in [-0.25, -0.2) is 4.39 Å². The highest BCUT2D eigenvalue weighted by Crippen LogP contribution is 2.28. The van der Waals surface area contributed by atoms with Gasteiger partial charge in [-0.2, -0.15) is 0 Å². The normalized spacial score (nSPS) is 19.8. The Bertz CT molecular complexity index is 1350. The first-order valence-electron chi connectivity index (χ1n) is 13.7. The van der Waals surface area contributed by atoms with Gasteiger partial charge in [-0.3, -0.25) is 9.88 Å². The molecule has 2 aromatic rings. The average molecular weight is 522 g/mol. The van der Waals surface area contributed by atoms with E-state index in [1.165, 1.54) is 31.5 Å². The Morgan fingerprint density at radius 1 is 1.10 bits per heavy atom. The van der Waals surface area contributed by atoms with Crippen molar-refractivity contribution in [2.24, 2.45) is 0 Å². The first-order valence-corrected chi connectivity index (χ1v) is 13.7. The zero-order valence-electron chi connectivity index (χ0n) is 23.3. The van der Waals surface area contributed by atoms with Crippen molar-refractivity contribution in [3.05, 3.63) is 133 Å². The fourth-order valence-electron chi connectivity index (χ4n) is 4.86. The van der Waals surface area contributed by atoms with Crippen LogP contribution < -0.4 is 5.32 Å². The van der Waals surface area contributed by atoms with Crippen LogP contribution in [0.3, 0.4) is 0 Å². The third kappa shape index (κ3) is 8.11. The van der Waals surface area contributed by atoms with E-state index in [9.17, 15) is 4.39 Å². The van der Waals surface area contributed by atoms with Gasteiger partial charge in [-0.1, -0.05) is 67.8 Å². The van der Waals surface area contributed by atoms with Crippen molar-refractivity contribution in [3.8, 4) is 11.1 Å². The average Bonchev–Trinajstić information content (AvgIpc) is 3.45. The van der Waals surface area contributed by atoms with Gasteiger partial charge in [0.15, 0.2) is 0 Å². The fraction of sp³-hybridized carbons (Fsp3) is 0.286. The van der Waals surface area contributed by atoms with Gasteiger partial charge in [0.1, 0.15) is 5.67 Å². The Labute approximate surface area is 233 Å². The standard InChI is InChI=1S/C35H40FN3/c1-6-34(13-12-26(2)20-29-14-16-35(5,36)17-15-29)38-28(4)27(3)31-10-9-11-32(22-31)33-21-30(23-37-24-33)25-39-18-7-8-19-39/h6,9-16,21-24,38H,2-4,7-8,17-20,25H2,1,5H3/b13-12-,34-6+. The third-order valence-electron chi connectivity index (χ3n) is 7.25. The monoisotopic (exact) mass is 521 g/mol. The van der Waals surface area contributed by atoms with Crippen molar-refractivity contribution < 1.29 is 4.39 Å². The van der Waals surface area contributed by atoms with Crippen LogP contribution in [-0.2, 0) is 6.54 Å². The lowest BCUT2D eigenvalue weighted by molar-refractivity contribution is 0.258. The topological polar surface area (TPSA) is 28.2 Å². The molecule has 1 N–H and O–H groups in total. The van der Waals surface area contributed by atoms with E-state index in [0.29, 0.717) is 12.8 Å². The van der Waals surface area contributed by atoms with Gasteiger partial charge in [-0.15, -0.1) is 0 Å². The number of likely N-dealkylation sites (tertiary alicyclic amines) is 1. The molecule has 0 spiro atoms. The molecular weight excluding hydrogens is 481 g/mol. The predicted octanol–water partition coefficient (Wildman–Crippen LogP) is 8.48. The van der Waals surface area contributed by atoms with Crippen LogP contribution in [0.25, 0.3) is 16.7 Å². The fourth-order valence-corrected chi connectivity index (χ4v) is 4.86. The zero-order valence-corrected chi connectivity index (χ0v) is 23.3. The number of aromatic nitrogens is 1. The van der Waals surface area contributed by atoms with Crippen LogP contribution in [0.15, 0.2) is 121 Å². The third-order valence-corrected chi connectivity index (χ3v) is 7.25. The van der Waals surface area contributed by atoms with Crippen LogP contribution in [0, 0.1) is 0 Å². The van der Waals surface area contributed by atoms with Crippen LogP contribution in [0.5, 0.6) is 0 Å². The molecule has 4 rings (SSSR count). The SMILES string of the molecule is C=C(/C=C\C(=C/C)NC(=C)C(=C)c1cccc(-c2cncc(CN3CCCC3)c2)c1)CC1=CCC(C)(F)C=C1. The lowest BCUT2D eigenvalue weighted by atomic mass is 9.93. The minimum Gasteiger partial charge on any atom is -0.356 e. The van der Waals surface area contributed by atoms with Gasteiger partial charge in [-0.05, 0) is 98.3 Å². The zero-order chi connectivity index (χ0) is 27.8. The number of rotatable bonds is 11. The number of allylic oxidation sites excluding steroid dienone is 9. The minimum atomic E-state index is -1.25. The quantitative estimate of drug-likeness (QED) is 0.301. The summed E-state index contributed by atoms with van der Waals surface area (Å²) in [4.78, 5) is 7.00. The summed E-state index contributed by atoms with van der Waals surface area (Å²) in [6.07, 6.45) is 19.0. The summed E-state index contributed by atoms with van der Waals surface area (Å²) in [5, 5.41) is 3.39. The highest BCUT2D eigenvalue weighted by molar-refractivity contribution is 5.79. The number of nitrogens with zero attached hydrogens (tertiary/aromatic N) is 2. The molecule has 4 heteroatoms. The van der Waals surface area contributed by atoms with E-state index in [1.54, 1.807) is 13.0 Å². The van der Waals surface area contributed by atoms with E-state index < -0.39 is 5.67 Å². The van der Waals surface area contributed by atoms with Gasteiger partial charge < -0.3 is 5.32 Å². The van der Waals surface area contributed by atoms with Gasteiger partial charge in [0.2, 0.25) is 0 Å². The second-order valence-electron chi connectivity index (χ2n) is 10.7. The second-order valence-corrected chi connectivity index (χ2v) is 10.7. The molecule has 1 atom stereocenters. The van der Waals surface area contributed by atoms with Crippen molar-refractivity contribution in [2.75, 3.05) is 13.1 Å². The number of alkyl halides is 1. The molecule has 39 heavy (non-hydrogen) atoms. The molecular formula is C35H40FN3. The first kappa shape index (κ1) is 28.3. The van der Waals surface area contributed by atoms with Crippen LogP contribution in [0.4, 0.5) is 4.39 Å². The highest BCUT2D eigenvalue weighted by Gasteiger charge is 2.20. The molecule has 1 aliphatic carbocycles. The Kier molecular flexibility index (Phi) is 9.32. The molecule has 3 nitrogen and oxygen atoms in total. The van der Waals surface area contributed by atoms with Crippen molar-refractivity contribution in [3.63, 3.8) is 0 Å². The summed E-state index contributed by atoms with van der Waals surface area (Å²) in [6, 6.07) is 10.6. The summed E-state index contributed by atoms with van der Waals surface area (Å²) < 4.78 is 14.0. The largest absolute Gasteiger partial charge is 0.356 e. The first-order chi connectivity index (χ1) is 18.7. The van der Waals surface area contributed by atoms with E-state index >= 15 is 0 Å². The van der Waals surface area contributed by atoms with E-state index in [0.717, 1.165) is 51.3 Å². The van der Waals surface area contributed by atoms with Gasteiger partial charge in [0.25, 0.3) is 0 Å².